The van der Waals surface area contributed by atoms with E-state index in [4.69, 9.17) is 4.74 Å². The van der Waals surface area contributed by atoms with Crippen molar-refractivity contribution >= 4 is 5.91 Å². The molecule has 2 fully saturated rings. The van der Waals surface area contributed by atoms with E-state index in [1.807, 2.05) is 0 Å². The van der Waals surface area contributed by atoms with E-state index in [0.717, 1.165) is 6.54 Å². The molecule has 4 heteroatoms. The molecule has 0 unspecified atom stereocenters. The first-order valence-corrected chi connectivity index (χ1v) is 7.77. The maximum Gasteiger partial charge on any atom is 0.246 e. The molecule has 0 aromatic carbocycles. The zero-order valence-corrected chi connectivity index (χ0v) is 12.2. The maximum absolute atomic E-state index is 11.7. The Balaban J connectivity index is 1.95. The third-order valence-corrected chi connectivity index (χ3v) is 4.70. The molecule has 1 aliphatic carbocycles. The van der Waals surface area contributed by atoms with Crippen LogP contribution < -0.4 is 5.32 Å². The fourth-order valence-electron chi connectivity index (χ4n) is 3.63. The molecule has 19 heavy (non-hydrogen) atoms. The van der Waals surface area contributed by atoms with Crippen LogP contribution in [0.15, 0.2) is 0 Å². The van der Waals surface area contributed by atoms with Gasteiger partial charge < -0.3 is 10.1 Å². The number of carbonyl (C=O) groups is 1. The first kappa shape index (κ1) is 14.8. The molecule has 0 aromatic rings. The lowest BCUT2D eigenvalue weighted by Crippen LogP contribution is -2.58. The molecule has 1 saturated heterocycles. The molecule has 1 saturated carbocycles. The van der Waals surface area contributed by atoms with Gasteiger partial charge in [-0.05, 0) is 38.8 Å². The minimum Gasteiger partial charge on any atom is -0.375 e. The van der Waals surface area contributed by atoms with Gasteiger partial charge in [-0.25, -0.2) is 0 Å². The molecule has 110 valence electrons. The summed E-state index contributed by atoms with van der Waals surface area (Å²) in [6.07, 6.45) is 10.4. The molecule has 0 atom stereocenters. The number of nitrogens with zero attached hydrogens (tertiary/aromatic N) is 1. The predicted octanol–water partition coefficient (Wildman–Crippen LogP) is 1.94. The van der Waals surface area contributed by atoms with E-state index < -0.39 is 0 Å². The van der Waals surface area contributed by atoms with E-state index in [-0.39, 0.29) is 18.1 Å². The second-order valence-electron chi connectivity index (χ2n) is 6.04. The highest BCUT2D eigenvalue weighted by molar-refractivity contribution is 5.77. The highest BCUT2D eigenvalue weighted by Crippen LogP contribution is 2.35. The summed E-state index contributed by atoms with van der Waals surface area (Å²) >= 11 is 0. The second kappa shape index (κ2) is 7.25. The van der Waals surface area contributed by atoms with Crippen LogP contribution in [0.25, 0.3) is 0 Å². The smallest absolute Gasteiger partial charge is 0.246 e. The van der Waals surface area contributed by atoms with Gasteiger partial charge in [0.1, 0.15) is 6.61 Å². The lowest BCUT2D eigenvalue weighted by molar-refractivity contribution is -0.125. The SMILES string of the molecule is COCC(=O)NCC1(N2CCCCC2)CCCCC1. The highest BCUT2D eigenvalue weighted by Gasteiger charge is 2.38. The number of hydrogen-bond donors (Lipinski definition) is 1. The quantitative estimate of drug-likeness (QED) is 0.828. The van der Waals surface area contributed by atoms with Crippen molar-refractivity contribution < 1.29 is 9.53 Å². The van der Waals surface area contributed by atoms with Gasteiger partial charge in [-0.15, -0.1) is 0 Å². The van der Waals surface area contributed by atoms with Gasteiger partial charge in [0.2, 0.25) is 5.91 Å². The van der Waals surface area contributed by atoms with Crippen LogP contribution in [-0.2, 0) is 9.53 Å². The Morgan fingerprint density at radius 2 is 1.74 bits per heavy atom. The van der Waals surface area contributed by atoms with Crippen LogP contribution in [0, 0.1) is 0 Å². The van der Waals surface area contributed by atoms with Gasteiger partial charge in [-0.2, -0.15) is 0 Å². The van der Waals surface area contributed by atoms with E-state index in [9.17, 15) is 4.79 Å². The molecule has 1 N–H and O–H groups in total. The number of likely N-dealkylation sites (tertiary alicyclic amines) is 1. The molecule has 0 bridgehead atoms. The Kier molecular flexibility index (Phi) is 5.64. The lowest BCUT2D eigenvalue weighted by Gasteiger charge is -2.48. The van der Waals surface area contributed by atoms with Crippen molar-refractivity contribution in [3.63, 3.8) is 0 Å². The van der Waals surface area contributed by atoms with Crippen LogP contribution in [0.1, 0.15) is 51.4 Å². The topological polar surface area (TPSA) is 41.6 Å². The van der Waals surface area contributed by atoms with Crippen LogP contribution in [0.5, 0.6) is 0 Å². The molecule has 1 amide bonds. The molecule has 4 nitrogen and oxygen atoms in total. The molecular weight excluding hydrogens is 240 g/mol. The Morgan fingerprint density at radius 3 is 2.37 bits per heavy atom. The Bertz CT molecular complexity index is 282. The number of hydrogen-bond acceptors (Lipinski definition) is 3. The van der Waals surface area contributed by atoms with Crippen LogP contribution in [0.2, 0.25) is 0 Å². The van der Waals surface area contributed by atoms with Crippen molar-refractivity contribution in [1.29, 1.82) is 0 Å². The van der Waals surface area contributed by atoms with Gasteiger partial charge in [-0.1, -0.05) is 25.7 Å². The number of piperidine rings is 1. The predicted molar refractivity (Wildman–Crippen MR) is 76.1 cm³/mol. The van der Waals surface area contributed by atoms with Gasteiger partial charge in [0.25, 0.3) is 0 Å². The van der Waals surface area contributed by atoms with Crippen molar-refractivity contribution in [2.75, 3.05) is 33.4 Å². The van der Waals surface area contributed by atoms with Gasteiger partial charge in [0.05, 0.1) is 0 Å². The van der Waals surface area contributed by atoms with Crippen molar-refractivity contribution in [3.05, 3.63) is 0 Å². The van der Waals surface area contributed by atoms with Gasteiger partial charge in [-0.3, -0.25) is 9.69 Å². The summed E-state index contributed by atoms with van der Waals surface area (Å²) in [7, 11) is 1.57. The molecule has 2 rings (SSSR count). The highest BCUT2D eigenvalue weighted by atomic mass is 16.5. The van der Waals surface area contributed by atoms with E-state index >= 15 is 0 Å². The molecule has 0 aromatic heterocycles. The Hall–Kier alpha value is -0.610. The summed E-state index contributed by atoms with van der Waals surface area (Å²) in [6.45, 7) is 3.39. The van der Waals surface area contributed by atoms with Crippen molar-refractivity contribution in [3.8, 4) is 0 Å². The van der Waals surface area contributed by atoms with E-state index in [1.165, 1.54) is 64.5 Å². The Labute approximate surface area is 116 Å². The third-order valence-electron chi connectivity index (χ3n) is 4.70. The summed E-state index contributed by atoms with van der Waals surface area (Å²) in [6, 6.07) is 0. The van der Waals surface area contributed by atoms with Crippen molar-refractivity contribution in [2.24, 2.45) is 0 Å². The summed E-state index contributed by atoms with van der Waals surface area (Å²) in [5.41, 5.74) is 0.224. The minimum absolute atomic E-state index is 0.0180. The van der Waals surface area contributed by atoms with Gasteiger partial charge in [0.15, 0.2) is 0 Å². The van der Waals surface area contributed by atoms with Gasteiger partial charge >= 0.3 is 0 Å². The molecule has 1 heterocycles. The van der Waals surface area contributed by atoms with Crippen LogP contribution in [-0.4, -0.2) is 49.7 Å². The number of carbonyl (C=O) groups excluding carboxylic acids is 1. The first-order chi connectivity index (χ1) is 9.27. The largest absolute Gasteiger partial charge is 0.375 e. The summed E-state index contributed by atoms with van der Waals surface area (Å²) in [5.74, 6) is 0.0180. The third kappa shape index (κ3) is 3.93. The molecule has 0 radical (unpaired) electrons. The summed E-state index contributed by atoms with van der Waals surface area (Å²) < 4.78 is 4.90. The van der Waals surface area contributed by atoms with E-state index in [1.54, 1.807) is 7.11 Å². The van der Waals surface area contributed by atoms with E-state index in [2.05, 4.69) is 10.2 Å². The van der Waals surface area contributed by atoms with Crippen molar-refractivity contribution in [1.82, 2.24) is 10.2 Å². The number of methoxy groups -OCH3 is 1. The zero-order valence-electron chi connectivity index (χ0n) is 12.2. The fraction of sp³-hybridized carbons (Fsp3) is 0.933. The fourth-order valence-corrected chi connectivity index (χ4v) is 3.63. The molecule has 0 spiro atoms. The maximum atomic E-state index is 11.7. The second-order valence-corrected chi connectivity index (χ2v) is 6.04. The number of nitrogens with one attached hydrogen (secondary N) is 1. The average molecular weight is 268 g/mol. The minimum atomic E-state index is 0.0180. The summed E-state index contributed by atoms with van der Waals surface area (Å²) in [4.78, 5) is 14.3. The monoisotopic (exact) mass is 268 g/mol. The number of rotatable bonds is 5. The summed E-state index contributed by atoms with van der Waals surface area (Å²) in [5, 5.41) is 3.09. The van der Waals surface area contributed by atoms with Crippen LogP contribution in [0.4, 0.5) is 0 Å². The molecular formula is C15H28N2O2. The Morgan fingerprint density at radius 1 is 1.11 bits per heavy atom. The van der Waals surface area contributed by atoms with Crippen LogP contribution in [0.3, 0.4) is 0 Å². The van der Waals surface area contributed by atoms with Crippen LogP contribution >= 0.6 is 0 Å². The first-order valence-electron chi connectivity index (χ1n) is 7.77. The number of amides is 1. The normalized spacial score (nSPS) is 24.1. The zero-order chi connectivity index (χ0) is 13.6. The van der Waals surface area contributed by atoms with E-state index in [0.29, 0.717) is 0 Å². The van der Waals surface area contributed by atoms with Gasteiger partial charge in [0, 0.05) is 19.2 Å². The standard InChI is InChI=1S/C15H28N2O2/c1-19-12-14(18)16-13-15(8-4-2-5-9-15)17-10-6-3-7-11-17/h2-13H2,1H3,(H,16,18). The average Bonchev–Trinajstić information content (AvgIpc) is 2.47. The molecule has 1 aliphatic heterocycles. The van der Waals surface area contributed by atoms with Crippen molar-refractivity contribution in [2.45, 2.75) is 56.9 Å². The lowest BCUT2D eigenvalue weighted by atomic mass is 9.79. The molecule has 2 aliphatic rings. The number of ether oxygens (including phenoxy) is 1.